The van der Waals surface area contributed by atoms with Crippen LogP contribution in [0.4, 0.5) is 47.8 Å². The molecule has 0 unspecified atom stereocenters. The van der Waals surface area contributed by atoms with Gasteiger partial charge in [0.25, 0.3) is 0 Å². The Hall–Kier alpha value is -10.7. The van der Waals surface area contributed by atoms with Crippen LogP contribution in [-0.4, -0.2) is 76.6 Å². The summed E-state index contributed by atoms with van der Waals surface area (Å²) >= 11 is 20.7. The maximum Gasteiger partial charge on any atom is 0.416 e. The topological polar surface area (TPSA) is 327 Å². The van der Waals surface area contributed by atoms with Crippen molar-refractivity contribution in [2.24, 2.45) is 0 Å². The molecule has 0 amide bonds. The van der Waals surface area contributed by atoms with Gasteiger partial charge in [0, 0.05) is 51.3 Å². The maximum absolute atomic E-state index is 13.4. The molecule has 0 aliphatic carbocycles. The molecule has 24 nitrogen and oxygen atoms in total. The van der Waals surface area contributed by atoms with E-state index in [4.69, 9.17) is 63.5 Å². The first-order valence-corrected chi connectivity index (χ1v) is 28.2. The van der Waals surface area contributed by atoms with E-state index in [2.05, 4.69) is 51.7 Å². The fourth-order valence-electron chi connectivity index (χ4n) is 7.52. The van der Waals surface area contributed by atoms with E-state index in [0.29, 0.717) is 79.1 Å². The van der Waals surface area contributed by atoms with Crippen molar-refractivity contribution in [1.82, 2.24) is 49.9 Å². The zero-order valence-corrected chi connectivity index (χ0v) is 50.7. The van der Waals surface area contributed by atoms with E-state index in [1.54, 1.807) is 52.2 Å². The van der Waals surface area contributed by atoms with E-state index < -0.39 is 39.2 Å². The van der Waals surface area contributed by atoms with Crippen LogP contribution in [0.25, 0.3) is 23.0 Å². The molecule has 0 radical (unpaired) electrons. The van der Waals surface area contributed by atoms with Crippen LogP contribution in [-0.2, 0) is 37.6 Å². The first-order valence-electron chi connectivity index (χ1n) is 25.9. The van der Waals surface area contributed by atoms with Crippen molar-refractivity contribution in [1.29, 1.82) is 0 Å². The quantitative estimate of drug-likeness (QED) is 0.0282. The molecule has 35 heteroatoms. The number of aromatic amines is 1. The summed E-state index contributed by atoms with van der Waals surface area (Å²) in [6.07, 6.45) is 9.95. The van der Waals surface area contributed by atoms with Crippen molar-refractivity contribution >= 4 is 79.5 Å². The van der Waals surface area contributed by atoms with Gasteiger partial charge in [0.15, 0.2) is 28.7 Å². The zero-order valence-electron chi connectivity index (χ0n) is 46.9. The number of halogens is 11. The lowest BCUT2D eigenvalue weighted by atomic mass is 10.1. The highest BCUT2D eigenvalue weighted by Gasteiger charge is 2.33. The molecule has 12 aromatic rings. The second-order valence-corrected chi connectivity index (χ2v) is 20.3. The monoisotopic (exact) mass is 1410 g/mol. The Morgan fingerprint density at radius 3 is 1.47 bits per heavy atom. The average molecular weight is 1420 g/mol. The number of nitrogens with zero attached hydrogens (tertiary/aromatic N) is 11. The van der Waals surface area contributed by atoms with E-state index in [9.17, 15) is 60.6 Å². The number of anilines is 1. The number of benzene rings is 4. The summed E-state index contributed by atoms with van der Waals surface area (Å²) < 4.78 is 113. The molecule has 0 aliphatic rings. The number of nitrogen functional groups attached to an aromatic ring is 1. The minimum absolute atomic E-state index is 0.00926. The van der Waals surface area contributed by atoms with Gasteiger partial charge < -0.3 is 28.7 Å². The predicted molar refractivity (Wildman–Crippen MR) is 322 cm³/mol. The molecule has 93 heavy (non-hydrogen) atoms. The molecule has 0 bridgehead atoms. The van der Waals surface area contributed by atoms with Crippen LogP contribution < -0.4 is 5.73 Å². The Morgan fingerprint density at radius 1 is 0.602 bits per heavy atom. The van der Waals surface area contributed by atoms with Crippen LogP contribution in [0.2, 0.25) is 15.1 Å². The van der Waals surface area contributed by atoms with E-state index in [-0.39, 0.29) is 64.0 Å². The number of furan rings is 2. The van der Waals surface area contributed by atoms with Crippen LogP contribution in [0.1, 0.15) is 54.4 Å². The molecule has 0 aliphatic heterocycles. The van der Waals surface area contributed by atoms with Crippen LogP contribution in [0.5, 0.6) is 0 Å². The molecule has 8 heterocycles. The SMILES string of the molecule is Fc1ccc(C(F)(F)F)c(CBr)c1.Nc1cnn(Cc2cc(F)ccc2Cl)c1.O=C(Cc1cnn(Cc2cc(F)ccc2Cl)c1)c1cc(-c2ccco2)on1.O=C(O)c1cc(-c2ccco2)on1.O=[N+]([O-])c1cn[nH]c1.O=[N+]([O-])c1cnn(Cc2cc(F)ccc2Cl)c1. The normalized spacial score (nSPS) is 10.7. The highest BCUT2D eigenvalue weighted by Crippen LogP contribution is 2.33. The number of carbonyl (C=O) groups is 2. The number of H-pyrrole nitrogens is 1. The molecular formula is C58H42BrCl3F7N13O11. The van der Waals surface area contributed by atoms with Gasteiger partial charge in [-0.15, -0.1) is 0 Å². The molecule has 0 saturated heterocycles. The lowest BCUT2D eigenvalue weighted by Gasteiger charge is -2.10. The number of hydrogen-bond donors (Lipinski definition) is 3. The number of nitrogens with one attached hydrogen (secondary N) is 1. The second-order valence-electron chi connectivity index (χ2n) is 18.5. The molecule has 4 N–H and O–H groups in total. The Balaban J connectivity index is 0.000000164. The van der Waals surface area contributed by atoms with E-state index >= 15 is 0 Å². The lowest BCUT2D eigenvalue weighted by Crippen LogP contribution is -2.08. The first kappa shape index (κ1) is 69.8. The highest BCUT2D eigenvalue weighted by atomic mass is 79.9. The first-order chi connectivity index (χ1) is 44.3. The zero-order chi connectivity index (χ0) is 67.4. The molecule has 8 aromatic heterocycles. The van der Waals surface area contributed by atoms with Crippen LogP contribution in [0, 0.1) is 43.5 Å². The molecule has 0 spiro atoms. The van der Waals surface area contributed by atoms with E-state index in [1.807, 2.05) is 0 Å². The molecular weight excluding hydrogens is 1370 g/mol. The summed E-state index contributed by atoms with van der Waals surface area (Å²) in [4.78, 5) is 42.0. The van der Waals surface area contributed by atoms with Crippen molar-refractivity contribution < 1.29 is 73.2 Å². The minimum atomic E-state index is -4.42. The van der Waals surface area contributed by atoms with Gasteiger partial charge in [-0.2, -0.15) is 33.6 Å². The third kappa shape index (κ3) is 21.2. The number of alkyl halides is 4. The van der Waals surface area contributed by atoms with Crippen molar-refractivity contribution in [3.8, 4) is 23.0 Å². The van der Waals surface area contributed by atoms with Crippen LogP contribution >= 0.6 is 50.7 Å². The van der Waals surface area contributed by atoms with Crippen LogP contribution in [0.15, 0.2) is 189 Å². The smallest absolute Gasteiger partial charge is 0.416 e. The number of hydrogen-bond acceptors (Lipinski definition) is 17. The summed E-state index contributed by atoms with van der Waals surface area (Å²) in [7, 11) is 0. The number of nitrogens with two attached hydrogens (primary N) is 1. The van der Waals surface area contributed by atoms with Gasteiger partial charge >= 0.3 is 23.5 Å². The molecule has 0 fully saturated rings. The van der Waals surface area contributed by atoms with Gasteiger partial charge in [-0.1, -0.05) is 61.0 Å². The van der Waals surface area contributed by atoms with E-state index in [1.165, 1.54) is 103 Å². The van der Waals surface area contributed by atoms with Gasteiger partial charge in [-0.05, 0) is 125 Å². The summed E-state index contributed by atoms with van der Waals surface area (Å²) in [5.74, 6) is -1.43. The molecule has 0 saturated carbocycles. The molecule has 482 valence electrons. The average Bonchev–Trinajstić information content (AvgIpc) is 1.48. The Labute approximate surface area is 540 Å². The number of aromatic nitrogens is 10. The predicted octanol–water partition coefficient (Wildman–Crippen LogP) is 15.0. The van der Waals surface area contributed by atoms with Crippen molar-refractivity contribution in [2.45, 2.75) is 37.6 Å². The number of ketones is 1. The second kappa shape index (κ2) is 32.9. The fourth-order valence-corrected chi connectivity index (χ4v) is 8.52. The third-order valence-electron chi connectivity index (χ3n) is 11.8. The lowest BCUT2D eigenvalue weighted by molar-refractivity contribution is -0.385. The van der Waals surface area contributed by atoms with Gasteiger partial charge in [-0.25, -0.2) is 22.4 Å². The number of nitro groups is 2. The Kier molecular flexibility index (Phi) is 24.7. The standard InChI is InChI=1S/C19H13ClFN3O3.C10H7ClFN3O2.C10H9ClFN3.C8H5BrF4.C8H5NO4.C3H3N3O2/c20-15-4-3-14(21)7-13(15)11-24-10-12(9-22-24)6-17(25)16-8-19(27-23-16)18-2-1-5-26-18;11-10-2-1-8(12)3-7(10)5-14-6-9(4-13-14)15(16)17;11-10-2-1-8(12)3-7(10)5-15-6-9(13)4-14-15;9-4-5-3-6(10)1-2-7(5)8(11,12)13;10-8(11)5-4-7(13-9-5)6-2-1-3-12-6;7-6(8)3-1-4-5-2-3/h1-5,7-10H,6,11H2;1-4,6H,5H2;1-4,6H,5,13H2;1-3H,4H2;1-4H,(H,10,11);1-2H,(H,4,5). The summed E-state index contributed by atoms with van der Waals surface area (Å²) in [5, 5.41) is 55.0. The molecule has 0 atom stereocenters. The summed E-state index contributed by atoms with van der Waals surface area (Å²) in [6, 6.07) is 24.4. The van der Waals surface area contributed by atoms with Crippen LogP contribution in [0.3, 0.4) is 0 Å². The Bertz CT molecular complexity index is 4430. The number of carbonyl (C=O) groups excluding carboxylic acids is 1. The minimum Gasteiger partial charge on any atom is -0.476 e. The number of aromatic carboxylic acids is 1. The fraction of sp³-hybridized carbons (Fsp3) is 0.103. The largest absolute Gasteiger partial charge is 0.476 e. The Morgan fingerprint density at radius 2 is 1.06 bits per heavy atom. The number of rotatable bonds is 15. The highest BCUT2D eigenvalue weighted by molar-refractivity contribution is 9.08. The summed E-state index contributed by atoms with van der Waals surface area (Å²) in [5.41, 5.74) is 7.66. The molecule has 4 aromatic carbocycles. The molecule has 12 rings (SSSR count). The van der Waals surface area contributed by atoms with Gasteiger partial charge in [-0.3, -0.25) is 44.2 Å². The van der Waals surface area contributed by atoms with E-state index in [0.717, 1.165) is 30.6 Å². The van der Waals surface area contributed by atoms with Gasteiger partial charge in [0.2, 0.25) is 11.5 Å². The third-order valence-corrected chi connectivity index (χ3v) is 13.5. The van der Waals surface area contributed by atoms with Crippen molar-refractivity contribution in [3.63, 3.8) is 0 Å². The number of carboxylic acid groups (broad SMARTS) is 1. The number of carboxylic acids is 1. The number of Topliss-reactive ketones (excluding diaryl/α,β-unsaturated/α-hetero) is 1. The van der Waals surface area contributed by atoms with Crippen molar-refractivity contribution in [3.05, 3.63) is 275 Å². The maximum atomic E-state index is 13.4. The van der Waals surface area contributed by atoms with Gasteiger partial charge in [0.1, 0.15) is 41.9 Å². The summed E-state index contributed by atoms with van der Waals surface area (Å²) in [6.45, 7) is 0.898. The van der Waals surface area contributed by atoms with Crippen molar-refractivity contribution in [2.75, 3.05) is 5.73 Å². The van der Waals surface area contributed by atoms with Gasteiger partial charge in [0.05, 0.1) is 71.8 Å².